The molecule has 174 valence electrons. The van der Waals surface area contributed by atoms with Gasteiger partial charge in [0.25, 0.3) is 15.9 Å². The number of anilines is 2. The number of benzene rings is 2. The molecule has 1 saturated heterocycles. The average molecular weight is 471 g/mol. The number of rotatable bonds is 6. The molecule has 1 aliphatic heterocycles. The molecule has 2 fully saturated rings. The summed E-state index contributed by atoms with van der Waals surface area (Å²) in [6.45, 7) is 1.48. The van der Waals surface area contributed by atoms with Crippen molar-refractivity contribution in [2.24, 2.45) is 0 Å². The number of hydrogen-bond acceptors (Lipinski definition) is 5. The third-order valence-corrected chi connectivity index (χ3v) is 8.08. The lowest BCUT2D eigenvalue weighted by molar-refractivity contribution is -0.136. The number of nitrogens with one attached hydrogen (secondary N) is 2. The summed E-state index contributed by atoms with van der Waals surface area (Å²) in [7, 11) is -2.41. The maximum Gasteiger partial charge on any atom is 0.325 e. The zero-order chi connectivity index (χ0) is 23.8. The lowest BCUT2D eigenvalue weighted by Crippen LogP contribution is -2.48. The molecule has 0 radical (unpaired) electrons. The van der Waals surface area contributed by atoms with E-state index in [9.17, 15) is 22.8 Å². The van der Waals surface area contributed by atoms with E-state index in [4.69, 9.17) is 0 Å². The van der Waals surface area contributed by atoms with Gasteiger partial charge in [0.15, 0.2) is 0 Å². The van der Waals surface area contributed by atoms with Crippen molar-refractivity contribution in [1.29, 1.82) is 0 Å². The monoisotopic (exact) mass is 470 g/mol. The zero-order valence-corrected chi connectivity index (χ0v) is 19.3. The van der Waals surface area contributed by atoms with Gasteiger partial charge in [0.05, 0.1) is 10.6 Å². The maximum absolute atomic E-state index is 13.1. The Hall–Kier alpha value is -3.40. The van der Waals surface area contributed by atoms with Crippen LogP contribution in [0.2, 0.25) is 0 Å². The summed E-state index contributed by atoms with van der Waals surface area (Å²) in [6, 6.07) is 12.9. The molecule has 1 aliphatic carbocycles. The largest absolute Gasteiger partial charge is 0.325 e. The van der Waals surface area contributed by atoms with E-state index in [0.29, 0.717) is 18.5 Å². The van der Waals surface area contributed by atoms with Crippen molar-refractivity contribution in [2.45, 2.75) is 49.1 Å². The maximum atomic E-state index is 13.1. The van der Waals surface area contributed by atoms with Crippen LogP contribution < -0.4 is 14.9 Å². The van der Waals surface area contributed by atoms with E-state index in [-0.39, 0.29) is 16.5 Å². The van der Waals surface area contributed by atoms with E-state index in [1.165, 1.54) is 32.2 Å². The Morgan fingerprint density at radius 1 is 1.09 bits per heavy atom. The fourth-order valence-corrected chi connectivity index (χ4v) is 5.59. The van der Waals surface area contributed by atoms with E-state index in [1.54, 1.807) is 36.4 Å². The first-order valence-corrected chi connectivity index (χ1v) is 12.2. The van der Waals surface area contributed by atoms with Crippen molar-refractivity contribution in [3.63, 3.8) is 0 Å². The Morgan fingerprint density at radius 2 is 1.76 bits per heavy atom. The first-order chi connectivity index (χ1) is 15.7. The molecule has 1 atom stereocenters. The summed E-state index contributed by atoms with van der Waals surface area (Å²) in [5.74, 6) is -0.965. The minimum Gasteiger partial charge on any atom is -0.324 e. The Morgan fingerprint density at radius 3 is 2.42 bits per heavy atom. The van der Waals surface area contributed by atoms with Gasteiger partial charge in [-0.3, -0.25) is 13.9 Å². The molecule has 1 unspecified atom stereocenters. The Bertz CT molecular complexity index is 1190. The highest BCUT2D eigenvalue weighted by atomic mass is 32.2. The number of carbonyl (C=O) groups is 3. The quantitative estimate of drug-likeness (QED) is 0.630. The molecule has 33 heavy (non-hydrogen) atoms. The molecular weight excluding hydrogens is 444 g/mol. The number of sulfonamides is 1. The predicted octanol–water partition coefficient (Wildman–Crippen LogP) is 2.70. The van der Waals surface area contributed by atoms with Gasteiger partial charge in [-0.2, -0.15) is 0 Å². The van der Waals surface area contributed by atoms with Crippen molar-refractivity contribution in [3.05, 3.63) is 54.6 Å². The molecule has 2 aliphatic rings. The minimum atomic E-state index is -3.87. The number of amides is 4. The van der Waals surface area contributed by atoms with Crippen molar-refractivity contribution < 1.29 is 22.8 Å². The predicted molar refractivity (Wildman–Crippen MR) is 123 cm³/mol. The number of imide groups is 1. The molecule has 2 aromatic carbocycles. The van der Waals surface area contributed by atoms with Gasteiger partial charge < -0.3 is 10.6 Å². The average Bonchev–Trinajstić information content (AvgIpc) is 3.37. The Balaban J connectivity index is 1.51. The fourth-order valence-electron chi connectivity index (χ4n) is 4.34. The van der Waals surface area contributed by atoms with Crippen molar-refractivity contribution in [1.82, 2.24) is 10.2 Å². The molecular formula is C23H26N4O5S. The highest BCUT2D eigenvalue weighted by Crippen LogP contribution is 2.36. The van der Waals surface area contributed by atoms with Crippen molar-refractivity contribution >= 4 is 39.2 Å². The van der Waals surface area contributed by atoms with Gasteiger partial charge in [-0.1, -0.05) is 37.1 Å². The molecule has 2 aromatic rings. The highest BCUT2D eigenvalue weighted by molar-refractivity contribution is 7.92. The van der Waals surface area contributed by atoms with Crippen LogP contribution in [-0.2, 0) is 19.6 Å². The molecule has 0 aromatic heterocycles. The van der Waals surface area contributed by atoms with Crippen molar-refractivity contribution in [3.8, 4) is 0 Å². The SMILES string of the molecule is CC(C(=O)Nc1cccc(S(=O)(=O)N(C)c2ccccc2)c1)N1C(=O)NC2(CCCC2)C1=O. The lowest BCUT2D eigenvalue weighted by Gasteiger charge is -2.24. The van der Waals surface area contributed by atoms with Crippen molar-refractivity contribution in [2.75, 3.05) is 16.7 Å². The third-order valence-electron chi connectivity index (χ3n) is 6.30. The summed E-state index contributed by atoms with van der Waals surface area (Å²) >= 11 is 0. The Labute approximate surface area is 192 Å². The number of carbonyl (C=O) groups excluding carboxylic acids is 3. The second kappa shape index (κ2) is 8.51. The zero-order valence-electron chi connectivity index (χ0n) is 18.4. The third kappa shape index (κ3) is 4.06. The molecule has 1 heterocycles. The smallest absolute Gasteiger partial charge is 0.324 e. The summed E-state index contributed by atoms with van der Waals surface area (Å²) < 4.78 is 27.3. The minimum absolute atomic E-state index is 0.000735. The van der Waals surface area contributed by atoms with Crippen LogP contribution in [0.4, 0.5) is 16.2 Å². The van der Waals surface area contributed by atoms with E-state index in [0.717, 1.165) is 22.0 Å². The van der Waals surface area contributed by atoms with Gasteiger partial charge in [0, 0.05) is 12.7 Å². The van der Waals surface area contributed by atoms with Crippen LogP contribution >= 0.6 is 0 Å². The summed E-state index contributed by atoms with van der Waals surface area (Å²) in [6.07, 6.45) is 2.83. The molecule has 10 heteroatoms. The Kier molecular flexibility index (Phi) is 5.87. The van der Waals surface area contributed by atoms with Crippen LogP contribution in [0.3, 0.4) is 0 Å². The highest BCUT2D eigenvalue weighted by Gasteiger charge is 2.54. The summed E-state index contributed by atoms with van der Waals surface area (Å²) in [5, 5.41) is 5.39. The van der Waals surface area contributed by atoms with E-state index in [2.05, 4.69) is 10.6 Å². The van der Waals surface area contributed by atoms with Gasteiger partial charge in [0.2, 0.25) is 5.91 Å². The number of para-hydroxylation sites is 1. The second-order valence-corrected chi connectivity index (χ2v) is 10.4. The molecule has 4 rings (SSSR count). The van der Waals surface area contributed by atoms with Crippen LogP contribution in [-0.4, -0.2) is 49.8 Å². The van der Waals surface area contributed by atoms with Gasteiger partial charge >= 0.3 is 6.03 Å². The van der Waals surface area contributed by atoms with Gasteiger partial charge in [0.1, 0.15) is 11.6 Å². The van der Waals surface area contributed by atoms with Gasteiger partial charge in [-0.15, -0.1) is 0 Å². The first-order valence-electron chi connectivity index (χ1n) is 10.8. The molecule has 9 nitrogen and oxygen atoms in total. The normalized spacial score (nSPS) is 18.3. The van der Waals surface area contributed by atoms with Crippen LogP contribution in [0.5, 0.6) is 0 Å². The number of urea groups is 1. The van der Waals surface area contributed by atoms with Crippen LogP contribution in [0.25, 0.3) is 0 Å². The first kappa shape index (κ1) is 22.8. The topological polar surface area (TPSA) is 116 Å². The van der Waals surface area contributed by atoms with E-state index >= 15 is 0 Å². The fraction of sp³-hybridized carbons (Fsp3) is 0.348. The van der Waals surface area contributed by atoms with Crippen LogP contribution in [0.1, 0.15) is 32.6 Å². The molecule has 4 amide bonds. The van der Waals surface area contributed by atoms with Gasteiger partial charge in [-0.05, 0) is 50.1 Å². The van der Waals surface area contributed by atoms with Crippen LogP contribution in [0.15, 0.2) is 59.5 Å². The lowest BCUT2D eigenvalue weighted by atomic mass is 9.97. The van der Waals surface area contributed by atoms with E-state index in [1.807, 2.05) is 0 Å². The summed E-state index contributed by atoms with van der Waals surface area (Å²) in [5.41, 5.74) is -0.154. The molecule has 2 N–H and O–H groups in total. The number of nitrogens with zero attached hydrogens (tertiary/aromatic N) is 2. The molecule has 1 spiro atoms. The van der Waals surface area contributed by atoms with Crippen LogP contribution in [0, 0.1) is 0 Å². The van der Waals surface area contributed by atoms with Gasteiger partial charge in [-0.25, -0.2) is 18.1 Å². The second-order valence-electron chi connectivity index (χ2n) is 8.40. The van der Waals surface area contributed by atoms with E-state index < -0.39 is 33.5 Å². The number of hydrogen-bond donors (Lipinski definition) is 2. The summed E-state index contributed by atoms with van der Waals surface area (Å²) in [4.78, 5) is 39.2. The molecule has 1 saturated carbocycles. The standard InChI is InChI=1S/C23H26N4O5S/c1-16(27-21(29)23(25-22(27)30)13-6-7-14-23)20(28)24-17-9-8-12-19(15-17)33(31,32)26(2)18-10-4-3-5-11-18/h3-5,8-12,15-16H,6-7,13-14H2,1-2H3,(H,24,28)(H,25,30). The molecule has 0 bridgehead atoms.